The summed E-state index contributed by atoms with van der Waals surface area (Å²) in [7, 11) is 0. The molecule has 2 rings (SSSR count). The maximum absolute atomic E-state index is 12.4. The fourth-order valence-corrected chi connectivity index (χ4v) is 2.17. The lowest BCUT2D eigenvalue weighted by atomic mass is 10.0. The number of anilines is 1. The van der Waals surface area contributed by atoms with Crippen LogP contribution in [0.5, 0.6) is 5.75 Å². The molecule has 0 bridgehead atoms. The molecule has 3 N–H and O–H groups in total. The molecule has 0 saturated heterocycles. The van der Waals surface area contributed by atoms with Crippen LogP contribution in [-0.2, 0) is 9.59 Å². The van der Waals surface area contributed by atoms with Crippen LogP contribution in [0.15, 0.2) is 18.2 Å². The molecule has 0 saturated carbocycles. The Labute approximate surface area is 126 Å². The molecule has 0 fully saturated rings. The van der Waals surface area contributed by atoms with Crippen LogP contribution in [0.25, 0.3) is 0 Å². The van der Waals surface area contributed by atoms with Gasteiger partial charge in [-0.15, -0.1) is 0 Å². The zero-order valence-corrected chi connectivity index (χ0v) is 12.1. The molecule has 1 atom stereocenters. The number of nitrogens with one attached hydrogen (secondary N) is 1. The van der Waals surface area contributed by atoms with Gasteiger partial charge in [-0.2, -0.15) is 0 Å². The van der Waals surface area contributed by atoms with Crippen molar-refractivity contribution in [2.45, 2.75) is 20.0 Å². The molecule has 1 heterocycles. The first kappa shape index (κ1) is 15.7. The Kier molecular flexibility index (Phi) is 4.27. The van der Waals surface area contributed by atoms with E-state index in [9.17, 15) is 19.7 Å². The number of hydrazine groups is 1. The summed E-state index contributed by atoms with van der Waals surface area (Å²) in [5.41, 5.74) is 2.10. The topological polar surface area (TPSA) is 128 Å². The number of hydrogen-bond donors (Lipinski definition) is 2. The van der Waals surface area contributed by atoms with Gasteiger partial charge in [0.15, 0.2) is 11.9 Å². The van der Waals surface area contributed by atoms with Crippen LogP contribution in [0.4, 0.5) is 11.4 Å². The second kappa shape index (κ2) is 5.98. The van der Waals surface area contributed by atoms with Crippen LogP contribution in [0.3, 0.4) is 0 Å². The number of non-ortho nitro benzene ring substituents is 1. The molecule has 118 valence electrons. The highest BCUT2D eigenvalue weighted by molar-refractivity contribution is 6.04. The summed E-state index contributed by atoms with van der Waals surface area (Å²) in [5, 5.41) is 10.9. The maximum Gasteiger partial charge on any atom is 0.273 e. The van der Waals surface area contributed by atoms with Crippen LogP contribution in [0, 0.1) is 16.0 Å². The zero-order chi connectivity index (χ0) is 16.4. The van der Waals surface area contributed by atoms with Crippen molar-refractivity contribution in [1.29, 1.82) is 0 Å². The first-order valence-corrected chi connectivity index (χ1v) is 6.61. The Bertz CT molecular complexity index is 631. The number of nitro groups is 1. The van der Waals surface area contributed by atoms with Gasteiger partial charge < -0.3 is 4.74 Å². The second-order valence-electron chi connectivity index (χ2n) is 5.18. The van der Waals surface area contributed by atoms with Gasteiger partial charge in [-0.25, -0.2) is 5.84 Å². The van der Waals surface area contributed by atoms with Crippen LogP contribution < -0.4 is 20.9 Å². The summed E-state index contributed by atoms with van der Waals surface area (Å²) in [6, 6.07) is 3.87. The molecule has 1 unspecified atom stereocenters. The number of ether oxygens (including phenoxy) is 1. The standard InChI is InChI=1S/C13H16N4O5/c1-7(2)12-13(19)16(6-11(18)15-14)9-4-3-8(17(20)21)5-10(9)22-12/h3-5,7,12H,6,14H2,1-2H3,(H,15,18). The summed E-state index contributed by atoms with van der Waals surface area (Å²) in [6.45, 7) is 3.28. The lowest BCUT2D eigenvalue weighted by Gasteiger charge is -2.35. The molecule has 0 spiro atoms. The molecule has 22 heavy (non-hydrogen) atoms. The lowest BCUT2D eigenvalue weighted by molar-refractivity contribution is -0.384. The third-order valence-electron chi connectivity index (χ3n) is 3.28. The van der Waals surface area contributed by atoms with E-state index in [0.29, 0.717) is 5.69 Å². The summed E-state index contributed by atoms with van der Waals surface area (Å²) in [5.74, 6) is 4.14. The van der Waals surface area contributed by atoms with Crippen molar-refractivity contribution in [1.82, 2.24) is 5.43 Å². The maximum atomic E-state index is 12.4. The van der Waals surface area contributed by atoms with Gasteiger partial charge in [-0.1, -0.05) is 13.8 Å². The number of fused-ring (bicyclic) bond motifs is 1. The van der Waals surface area contributed by atoms with Crippen molar-refractivity contribution in [3.8, 4) is 5.75 Å². The normalized spacial score (nSPS) is 17.0. The third kappa shape index (κ3) is 2.84. The van der Waals surface area contributed by atoms with Crippen molar-refractivity contribution in [2.24, 2.45) is 11.8 Å². The number of carbonyl (C=O) groups is 2. The molecule has 9 nitrogen and oxygen atoms in total. The molecular formula is C13H16N4O5. The van der Waals surface area contributed by atoms with E-state index in [-0.39, 0.29) is 29.8 Å². The van der Waals surface area contributed by atoms with Crippen molar-refractivity contribution >= 4 is 23.2 Å². The highest BCUT2D eigenvalue weighted by atomic mass is 16.6. The van der Waals surface area contributed by atoms with Crippen LogP contribution in [0.1, 0.15) is 13.8 Å². The minimum absolute atomic E-state index is 0.154. The molecule has 9 heteroatoms. The number of benzene rings is 1. The predicted octanol–water partition coefficient (Wildman–Crippen LogP) is 0.335. The molecule has 1 aliphatic heterocycles. The van der Waals surface area contributed by atoms with Crippen molar-refractivity contribution in [3.05, 3.63) is 28.3 Å². The van der Waals surface area contributed by atoms with E-state index in [1.807, 2.05) is 5.43 Å². The molecule has 0 aliphatic carbocycles. The number of rotatable bonds is 4. The molecule has 0 aromatic heterocycles. The van der Waals surface area contributed by atoms with Crippen LogP contribution in [0.2, 0.25) is 0 Å². The summed E-state index contributed by atoms with van der Waals surface area (Å²) in [4.78, 5) is 35.5. The smallest absolute Gasteiger partial charge is 0.273 e. The first-order valence-electron chi connectivity index (χ1n) is 6.61. The van der Waals surface area contributed by atoms with E-state index in [4.69, 9.17) is 10.6 Å². The molecular weight excluding hydrogens is 292 g/mol. The number of nitro benzene ring substituents is 1. The van der Waals surface area contributed by atoms with Gasteiger partial charge in [-0.3, -0.25) is 30.0 Å². The Morgan fingerprint density at radius 1 is 1.55 bits per heavy atom. The van der Waals surface area contributed by atoms with Gasteiger partial charge in [-0.05, 0) is 12.0 Å². The van der Waals surface area contributed by atoms with Crippen molar-refractivity contribution < 1.29 is 19.2 Å². The summed E-state index contributed by atoms with van der Waals surface area (Å²) in [6.07, 6.45) is -0.819. The number of hydrogen-bond acceptors (Lipinski definition) is 6. The van der Waals surface area contributed by atoms with Gasteiger partial charge in [0.1, 0.15) is 6.54 Å². The van der Waals surface area contributed by atoms with E-state index in [2.05, 4.69) is 0 Å². The summed E-state index contributed by atoms with van der Waals surface area (Å²) < 4.78 is 5.58. The highest BCUT2D eigenvalue weighted by Crippen LogP contribution is 2.38. The Morgan fingerprint density at radius 3 is 2.77 bits per heavy atom. The number of nitrogens with two attached hydrogens (primary N) is 1. The fraction of sp³-hybridized carbons (Fsp3) is 0.385. The third-order valence-corrected chi connectivity index (χ3v) is 3.28. The highest BCUT2D eigenvalue weighted by Gasteiger charge is 2.37. The van der Waals surface area contributed by atoms with Gasteiger partial charge >= 0.3 is 0 Å². The minimum Gasteiger partial charge on any atom is -0.478 e. The van der Waals surface area contributed by atoms with E-state index < -0.39 is 16.9 Å². The molecule has 2 amide bonds. The molecule has 1 aromatic carbocycles. The Morgan fingerprint density at radius 2 is 2.23 bits per heavy atom. The van der Waals surface area contributed by atoms with Gasteiger partial charge in [0.2, 0.25) is 0 Å². The fourth-order valence-electron chi connectivity index (χ4n) is 2.17. The van der Waals surface area contributed by atoms with E-state index in [1.165, 1.54) is 23.1 Å². The summed E-state index contributed by atoms with van der Waals surface area (Å²) >= 11 is 0. The average molecular weight is 308 g/mol. The Hall–Kier alpha value is -2.68. The monoisotopic (exact) mass is 308 g/mol. The van der Waals surface area contributed by atoms with Crippen LogP contribution in [-0.4, -0.2) is 29.4 Å². The van der Waals surface area contributed by atoms with Crippen LogP contribution >= 0.6 is 0 Å². The molecule has 0 radical (unpaired) electrons. The molecule has 1 aromatic rings. The molecule has 1 aliphatic rings. The largest absolute Gasteiger partial charge is 0.478 e. The number of nitrogens with zero attached hydrogens (tertiary/aromatic N) is 2. The van der Waals surface area contributed by atoms with E-state index >= 15 is 0 Å². The Balaban J connectivity index is 2.47. The average Bonchev–Trinajstić information content (AvgIpc) is 2.48. The van der Waals surface area contributed by atoms with E-state index in [1.54, 1.807) is 13.8 Å². The van der Waals surface area contributed by atoms with Crippen molar-refractivity contribution in [2.75, 3.05) is 11.4 Å². The van der Waals surface area contributed by atoms with E-state index in [0.717, 1.165) is 0 Å². The zero-order valence-electron chi connectivity index (χ0n) is 12.1. The quantitative estimate of drug-likeness (QED) is 0.357. The minimum atomic E-state index is -0.819. The predicted molar refractivity (Wildman–Crippen MR) is 77.0 cm³/mol. The SMILES string of the molecule is CC(C)C1Oc2cc([N+](=O)[O-])ccc2N(CC(=O)NN)C1=O. The van der Waals surface area contributed by atoms with Gasteiger partial charge in [0, 0.05) is 6.07 Å². The number of carbonyl (C=O) groups excluding carboxylic acids is 2. The second-order valence-corrected chi connectivity index (χ2v) is 5.18. The van der Waals surface area contributed by atoms with Gasteiger partial charge in [0.05, 0.1) is 16.7 Å². The first-order chi connectivity index (χ1) is 10.3. The van der Waals surface area contributed by atoms with Gasteiger partial charge in [0.25, 0.3) is 17.5 Å². The van der Waals surface area contributed by atoms with Crippen molar-refractivity contribution in [3.63, 3.8) is 0 Å². The number of amides is 2. The lowest BCUT2D eigenvalue weighted by Crippen LogP contribution is -2.52.